The predicted molar refractivity (Wildman–Crippen MR) is 54.4 cm³/mol. The Bertz CT molecular complexity index is 292. The summed E-state index contributed by atoms with van der Waals surface area (Å²) in [6.07, 6.45) is 0.0875. The molecule has 0 aromatic heterocycles. The van der Waals surface area contributed by atoms with E-state index in [1.165, 1.54) is 0 Å². The van der Waals surface area contributed by atoms with Gasteiger partial charge >= 0.3 is 0 Å². The molecule has 90 valence electrons. The molecule has 0 aromatic rings. The second-order valence-electron chi connectivity index (χ2n) is 3.39. The molecule has 3 N–H and O–H groups in total. The summed E-state index contributed by atoms with van der Waals surface area (Å²) in [5, 5.41) is 7.44. The summed E-state index contributed by atoms with van der Waals surface area (Å²) in [6, 6.07) is -0.597. The van der Waals surface area contributed by atoms with Crippen molar-refractivity contribution < 1.29 is 19.1 Å². The van der Waals surface area contributed by atoms with Gasteiger partial charge in [0.05, 0.1) is 25.6 Å². The quantitative estimate of drug-likeness (QED) is 0.353. The van der Waals surface area contributed by atoms with E-state index in [0.717, 1.165) is 0 Å². The minimum Gasteiger partial charge on any atom is -0.383 e. The predicted octanol–water partition coefficient (Wildman–Crippen LogP) is -2.25. The molecule has 1 aliphatic rings. The maximum absolute atomic E-state index is 11.2. The van der Waals surface area contributed by atoms with Crippen LogP contribution in [-0.2, 0) is 19.1 Å². The molecule has 1 saturated heterocycles. The molecule has 16 heavy (non-hydrogen) atoms. The third-order valence-electron chi connectivity index (χ3n) is 2.11. The minimum absolute atomic E-state index is 0.00901. The minimum atomic E-state index is -0.597. The van der Waals surface area contributed by atoms with Crippen LogP contribution in [0.5, 0.6) is 0 Å². The third kappa shape index (κ3) is 3.95. The molecule has 1 fully saturated rings. The molecule has 7 nitrogen and oxygen atoms in total. The number of hydrogen-bond acceptors (Lipinski definition) is 5. The number of ether oxygens (including phenoxy) is 1. The van der Waals surface area contributed by atoms with E-state index < -0.39 is 6.04 Å². The number of imide groups is 1. The highest BCUT2D eigenvalue weighted by Gasteiger charge is 2.30. The van der Waals surface area contributed by atoms with Crippen LogP contribution in [-0.4, -0.2) is 50.6 Å². The summed E-state index contributed by atoms with van der Waals surface area (Å²) in [5.41, 5.74) is 0. The van der Waals surface area contributed by atoms with Crippen molar-refractivity contribution in [1.82, 2.24) is 16.0 Å². The van der Waals surface area contributed by atoms with Crippen LogP contribution in [0.2, 0.25) is 0 Å². The van der Waals surface area contributed by atoms with Gasteiger partial charge < -0.3 is 10.1 Å². The van der Waals surface area contributed by atoms with Gasteiger partial charge in [0.1, 0.15) is 0 Å². The number of methoxy groups -OCH3 is 1. The monoisotopic (exact) mass is 229 g/mol. The smallest absolute Gasteiger partial charge is 0.244 e. The molecule has 0 spiro atoms. The molecule has 0 aliphatic carbocycles. The third-order valence-corrected chi connectivity index (χ3v) is 2.11. The van der Waals surface area contributed by atoms with E-state index in [9.17, 15) is 14.4 Å². The van der Waals surface area contributed by atoms with Crippen LogP contribution in [0.25, 0.3) is 0 Å². The Kier molecular flexibility index (Phi) is 4.87. The molecule has 1 aliphatic heterocycles. The van der Waals surface area contributed by atoms with E-state index in [1.807, 2.05) is 0 Å². The molecule has 1 heterocycles. The van der Waals surface area contributed by atoms with Crippen molar-refractivity contribution in [1.29, 1.82) is 0 Å². The zero-order chi connectivity index (χ0) is 12.0. The Morgan fingerprint density at radius 1 is 1.56 bits per heavy atom. The molecule has 0 saturated carbocycles. The van der Waals surface area contributed by atoms with Gasteiger partial charge in [0.25, 0.3) is 0 Å². The number of amides is 3. The second-order valence-corrected chi connectivity index (χ2v) is 3.39. The van der Waals surface area contributed by atoms with Crippen molar-refractivity contribution >= 4 is 17.7 Å². The Labute approximate surface area is 92.9 Å². The lowest BCUT2D eigenvalue weighted by Gasteiger charge is -2.09. The highest BCUT2D eigenvalue weighted by Crippen LogP contribution is 1.99. The van der Waals surface area contributed by atoms with E-state index in [1.54, 1.807) is 7.11 Å². The van der Waals surface area contributed by atoms with Gasteiger partial charge in [-0.2, -0.15) is 0 Å². The summed E-state index contributed by atoms with van der Waals surface area (Å²) < 4.78 is 4.76. The number of carbonyl (C=O) groups excluding carboxylic acids is 3. The molecular weight excluding hydrogens is 214 g/mol. The molecule has 1 atom stereocenters. The lowest BCUT2D eigenvalue weighted by molar-refractivity contribution is -0.125. The average molecular weight is 229 g/mol. The van der Waals surface area contributed by atoms with Gasteiger partial charge in [-0.1, -0.05) is 0 Å². The summed E-state index contributed by atoms with van der Waals surface area (Å²) in [4.78, 5) is 33.2. The first kappa shape index (κ1) is 12.6. The molecule has 0 bridgehead atoms. The van der Waals surface area contributed by atoms with E-state index in [-0.39, 0.29) is 30.7 Å². The summed E-state index contributed by atoms with van der Waals surface area (Å²) in [6.45, 7) is 0.871. The van der Waals surface area contributed by atoms with Gasteiger partial charge in [-0.3, -0.25) is 25.0 Å². The van der Waals surface area contributed by atoms with Crippen molar-refractivity contribution in [2.45, 2.75) is 12.5 Å². The van der Waals surface area contributed by atoms with E-state index in [4.69, 9.17) is 4.74 Å². The van der Waals surface area contributed by atoms with Crippen molar-refractivity contribution in [2.24, 2.45) is 0 Å². The van der Waals surface area contributed by atoms with Crippen LogP contribution in [0, 0.1) is 0 Å². The maximum Gasteiger partial charge on any atom is 0.244 e. The first-order chi connectivity index (χ1) is 7.63. The summed E-state index contributed by atoms with van der Waals surface area (Å²) >= 11 is 0. The fraction of sp³-hybridized carbons (Fsp3) is 0.667. The van der Waals surface area contributed by atoms with E-state index in [0.29, 0.717) is 13.2 Å². The first-order valence-electron chi connectivity index (χ1n) is 4.96. The number of nitrogens with one attached hydrogen (secondary N) is 3. The van der Waals surface area contributed by atoms with Gasteiger partial charge in [-0.05, 0) is 0 Å². The van der Waals surface area contributed by atoms with E-state index >= 15 is 0 Å². The number of carbonyl (C=O) groups is 3. The zero-order valence-corrected chi connectivity index (χ0v) is 9.04. The Morgan fingerprint density at radius 3 is 2.88 bits per heavy atom. The Hall–Kier alpha value is -1.47. The van der Waals surface area contributed by atoms with Gasteiger partial charge in [0, 0.05) is 13.7 Å². The highest BCUT2D eigenvalue weighted by molar-refractivity contribution is 6.05. The van der Waals surface area contributed by atoms with Crippen LogP contribution in [0.1, 0.15) is 6.42 Å². The fourth-order valence-electron chi connectivity index (χ4n) is 1.29. The second kappa shape index (κ2) is 6.19. The first-order valence-corrected chi connectivity index (χ1v) is 4.96. The Morgan fingerprint density at radius 2 is 2.31 bits per heavy atom. The van der Waals surface area contributed by atoms with Crippen molar-refractivity contribution in [3.63, 3.8) is 0 Å². The summed E-state index contributed by atoms with van der Waals surface area (Å²) in [5.74, 6) is -0.929. The van der Waals surface area contributed by atoms with Crippen LogP contribution in [0.3, 0.4) is 0 Å². The van der Waals surface area contributed by atoms with Gasteiger partial charge in [-0.25, -0.2) is 0 Å². The standard InChI is InChI=1S/C9H15N3O4/c1-16-3-2-10-8(14)5-11-6-4-7(13)12-9(6)15/h6,11H,2-5H2,1H3,(H,10,14)(H,12,13,15). The van der Waals surface area contributed by atoms with Crippen molar-refractivity contribution in [3.8, 4) is 0 Å². The molecule has 1 unspecified atom stereocenters. The van der Waals surface area contributed by atoms with E-state index in [2.05, 4.69) is 16.0 Å². The van der Waals surface area contributed by atoms with Gasteiger partial charge in [-0.15, -0.1) is 0 Å². The van der Waals surface area contributed by atoms with Crippen LogP contribution >= 0.6 is 0 Å². The lowest BCUT2D eigenvalue weighted by atomic mass is 10.2. The zero-order valence-electron chi connectivity index (χ0n) is 9.04. The van der Waals surface area contributed by atoms with Crippen LogP contribution in [0.4, 0.5) is 0 Å². The number of rotatable bonds is 6. The van der Waals surface area contributed by atoms with Crippen molar-refractivity contribution in [2.75, 3.05) is 26.8 Å². The molecule has 0 aromatic carbocycles. The SMILES string of the molecule is COCCNC(=O)CNC1CC(=O)NC1=O. The lowest BCUT2D eigenvalue weighted by Crippen LogP contribution is -2.43. The fourth-order valence-corrected chi connectivity index (χ4v) is 1.29. The molecular formula is C9H15N3O4. The van der Waals surface area contributed by atoms with Gasteiger partial charge in [0.15, 0.2) is 0 Å². The number of hydrogen-bond donors (Lipinski definition) is 3. The topological polar surface area (TPSA) is 96.5 Å². The summed E-state index contributed by atoms with van der Waals surface area (Å²) in [7, 11) is 1.54. The molecule has 3 amide bonds. The molecule has 7 heteroatoms. The van der Waals surface area contributed by atoms with Gasteiger partial charge in [0.2, 0.25) is 17.7 Å². The largest absolute Gasteiger partial charge is 0.383 e. The highest BCUT2D eigenvalue weighted by atomic mass is 16.5. The van der Waals surface area contributed by atoms with Crippen LogP contribution in [0.15, 0.2) is 0 Å². The molecule has 0 radical (unpaired) electrons. The maximum atomic E-state index is 11.2. The van der Waals surface area contributed by atoms with Crippen molar-refractivity contribution in [3.05, 3.63) is 0 Å². The molecule has 1 rings (SSSR count). The Balaban J connectivity index is 2.16. The van der Waals surface area contributed by atoms with Crippen LogP contribution < -0.4 is 16.0 Å². The average Bonchev–Trinajstić information content (AvgIpc) is 2.55. The normalized spacial score (nSPS) is 19.7.